The molecule has 0 fully saturated rings. The van der Waals surface area contributed by atoms with Crippen LogP contribution in [-0.4, -0.2) is 7.11 Å². The molecular weight excluding hydrogens is 266 g/mol. The van der Waals surface area contributed by atoms with E-state index in [0.29, 0.717) is 0 Å². The molecule has 1 aliphatic rings. The van der Waals surface area contributed by atoms with Gasteiger partial charge in [-0.25, -0.2) is 0 Å². The van der Waals surface area contributed by atoms with Crippen molar-refractivity contribution in [3.8, 4) is 5.75 Å². The fourth-order valence-corrected chi connectivity index (χ4v) is 4.16. The molecule has 2 nitrogen and oxygen atoms in total. The molecule has 3 rings (SSSR count). The molecule has 20 heavy (non-hydrogen) atoms. The quantitative estimate of drug-likeness (QED) is 0.926. The zero-order chi connectivity index (χ0) is 13.9. The highest BCUT2D eigenvalue weighted by Gasteiger charge is 2.18. The number of benzene rings is 1. The second-order valence-corrected chi connectivity index (χ2v) is 6.60. The predicted octanol–water partition coefficient (Wildman–Crippen LogP) is 3.88. The van der Waals surface area contributed by atoms with E-state index >= 15 is 0 Å². The molecule has 0 saturated heterocycles. The van der Waals surface area contributed by atoms with Crippen LogP contribution >= 0.6 is 11.3 Å². The predicted molar refractivity (Wildman–Crippen MR) is 84.6 cm³/mol. The van der Waals surface area contributed by atoms with E-state index in [1.807, 2.05) is 29.5 Å². The molecule has 2 N–H and O–H groups in total. The molecule has 2 aromatic rings. The van der Waals surface area contributed by atoms with E-state index in [2.05, 4.69) is 12.1 Å². The summed E-state index contributed by atoms with van der Waals surface area (Å²) in [6.45, 7) is 0. The van der Waals surface area contributed by atoms with E-state index in [1.165, 1.54) is 41.7 Å². The Hall–Kier alpha value is -1.32. The van der Waals surface area contributed by atoms with Crippen LogP contribution in [0.15, 0.2) is 30.3 Å². The summed E-state index contributed by atoms with van der Waals surface area (Å²) >= 11 is 1.91. The fraction of sp³-hybridized carbons (Fsp3) is 0.412. The van der Waals surface area contributed by atoms with Crippen molar-refractivity contribution in [2.75, 3.05) is 7.11 Å². The molecule has 0 aliphatic heterocycles. The summed E-state index contributed by atoms with van der Waals surface area (Å²) in [6, 6.07) is 10.6. The first-order valence-corrected chi connectivity index (χ1v) is 8.08. The number of rotatable bonds is 4. The van der Waals surface area contributed by atoms with Crippen LogP contribution in [-0.2, 0) is 19.3 Å². The number of ether oxygens (including phenoxy) is 1. The largest absolute Gasteiger partial charge is 0.496 e. The van der Waals surface area contributed by atoms with Crippen LogP contribution in [0.25, 0.3) is 0 Å². The van der Waals surface area contributed by atoms with Gasteiger partial charge in [-0.3, -0.25) is 0 Å². The first kappa shape index (κ1) is 13.7. The van der Waals surface area contributed by atoms with Crippen molar-refractivity contribution in [1.29, 1.82) is 0 Å². The number of hydrogen-bond acceptors (Lipinski definition) is 3. The lowest BCUT2D eigenvalue weighted by Gasteiger charge is -2.12. The van der Waals surface area contributed by atoms with Gasteiger partial charge in [-0.1, -0.05) is 18.2 Å². The van der Waals surface area contributed by atoms with Crippen LogP contribution in [0, 0.1) is 0 Å². The van der Waals surface area contributed by atoms with Crippen LogP contribution in [0.5, 0.6) is 5.75 Å². The topological polar surface area (TPSA) is 35.2 Å². The molecule has 1 aliphatic carbocycles. The van der Waals surface area contributed by atoms with Gasteiger partial charge < -0.3 is 10.5 Å². The van der Waals surface area contributed by atoms with Crippen molar-refractivity contribution in [1.82, 2.24) is 0 Å². The van der Waals surface area contributed by atoms with Crippen LogP contribution in [0.1, 0.15) is 39.8 Å². The van der Waals surface area contributed by atoms with E-state index in [4.69, 9.17) is 10.5 Å². The summed E-state index contributed by atoms with van der Waals surface area (Å²) in [4.78, 5) is 2.88. The molecule has 0 bridgehead atoms. The van der Waals surface area contributed by atoms with Gasteiger partial charge in [-0.05, 0) is 55.4 Å². The standard InChI is InChI=1S/C17H21NOS/c1-19-15-8-4-2-6-12(15)10-14(18)17-11-13-7-3-5-9-16(13)20-17/h2,4,6,8,11,14H,3,5,7,9-10,18H2,1H3. The number of methoxy groups -OCH3 is 1. The Balaban J connectivity index is 1.79. The lowest BCUT2D eigenvalue weighted by Crippen LogP contribution is -2.12. The van der Waals surface area contributed by atoms with Gasteiger partial charge in [-0.2, -0.15) is 0 Å². The van der Waals surface area contributed by atoms with Gasteiger partial charge in [0.1, 0.15) is 5.75 Å². The first-order valence-electron chi connectivity index (χ1n) is 7.27. The van der Waals surface area contributed by atoms with Gasteiger partial charge >= 0.3 is 0 Å². The normalized spacial score (nSPS) is 15.7. The Labute approximate surface area is 124 Å². The number of thiophene rings is 1. The van der Waals surface area contributed by atoms with Gasteiger partial charge in [0.05, 0.1) is 7.11 Å². The molecule has 1 heterocycles. The van der Waals surface area contributed by atoms with Crippen molar-refractivity contribution >= 4 is 11.3 Å². The maximum Gasteiger partial charge on any atom is 0.122 e. The lowest BCUT2D eigenvalue weighted by atomic mass is 9.98. The van der Waals surface area contributed by atoms with Crippen LogP contribution in [0.2, 0.25) is 0 Å². The Morgan fingerprint density at radius 1 is 1.25 bits per heavy atom. The highest BCUT2D eigenvalue weighted by molar-refractivity contribution is 7.12. The Morgan fingerprint density at radius 3 is 2.85 bits per heavy atom. The van der Waals surface area contributed by atoms with E-state index in [9.17, 15) is 0 Å². The van der Waals surface area contributed by atoms with E-state index in [1.54, 1.807) is 12.0 Å². The second-order valence-electron chi connectivity index (χ2n) is 5.43. The smallest absolute Gasteiger partial charge is 0.122 e. The molecule has 0 spiro atoms. The van der Waals surface area contributed by atoms with Gasteiger partial charge in [0, 0.05) is 15.8 Å². The Morgan fingerprint density at radius 2 is 2.05 bits per heavy atom. The third-order valence-corrected chi connectivity index (χ3v) is 5.38. The minimum atomic E-state index is 0.0712. The third kappa shape index (κ3) is 2.74. The van der Waals surface area contributed by atoms with Crippen molar-refractivity contribution in [3.63, 3.8) is 0 Å². The highest BCUT2D eigenvalue weighted by Crippen LogP contribution is 2.34. The van der Waals surface area contributed by atoms with Crippen LogP contribution in [0.3, 0.4) is 0 Å². The van der Waals surface area contributed by atoms with Gasteiger partial charge in [0.2, 0.25) is 0 Å². The summed E-state index contributed by atoms with van der Waals surface area (Å²) in [6.07, 6.45) is 5.96. The number of nitrogens with two attached hydrogens (primary N) is 1. The Bertz CT molecular complexity index is 567. The Kier molecular flexibility index (Phi) is 4.08. The molecule has 0 saturated carbocycles. The zero-order valence-electron chi connectivity index (χ0n) is 11.9. The molecule has 0 radical (unpaired) electrons. The minimum absolute atomic E-state index is 0.0712. The van der Waals surface area contributed by atoms with E-state index in [0.717, 1.165) is 12.2 Å². The third-order valence-electron chi connectivity index (χ3n) is 4.01. The summed E-state index contributed by atoms with van der Waals surface area (Å²) < 4.78 is 5.41. The molecule has 1 atom stereocenters. The lowest BCUT2D eigenvalue weighted by molar-refractivity contribution is 0.408. The average Bonchev–Trinajstić information content (AvgIpc) is 2.92. The first-order chi connectivity index (χ1) is 9.78. The van der Waals surface area contributed by atoms with Crippen molar-refractivity contribution in [2.45, 2.75) is 38.1 Å². The van der Waals surface area contributed by atoms with Crippen molar-refractivity contribution in [2.24, 2.45) is 5.73 Å². The van der Waals surface area contributed by atoms with Gasteiger partial charge in [0.25, 0.3) is 0 Å². The van der Waals surface area contributed by atoms with Crippen LogP contribution in [0.4, 0.5) is 0 Å². The number of para-hydroxylation sites is 1. The zero-order valence-corrected chi connectivity index (χ0v) is 12.7. The fourth-order valence-electron chi connectivity index (χ4n) is 2.91. The molecule has 1 unspecified atom stereocenters. The van der Waals surface area contributed by atoms with Gasteiger partial charge in [-0.15, -0.1) is 11.3 Å². The number of aryl methyl sites for hydroxylation is 2. The molecule has 106 valence electrons. The summed E-state index contributed by atoms with van der Waals surface area (Å²) in [7, 11) is 1.72. The summed E-state index contributed by atoms with van der Waals surface area (Å²) in [5.41, 5.74) is 9.14. The second kappa shape index (κ2) is 5.98. The summed E-state index contributed by atoms with van der Waals surface area (Å²) in [5.74, 6) is 0.935. The molecule has 0 amide bonds. The molecule has 1 aromatic heterocycles. The molecule has 3 heteroatoms. The monoisotopic (exact) mass is 287 g/mol. The minimum Gasteiger partial charge on any atom is -0.496 e. The molecule has 1 aromatic carbocycles. The maximum absolute atomic E-state index is 6.42. The van der Waals surface area contributed by atoms with Crippen molar-refractivity contribution < 1.29 is 4.74 Å². The number of fused-ring (bicyclic) bond motifs is 1. The highest BCUT2D eigenvalue weighted by atomic mass is 32.1. The van der Waals surface area contributed by atoms with Gasteiger partial charge in [0.15, 0.2) is 0 Å². The van der Waals surface area contributed by atoms with E-state index < -0.39 is 0 Å². The maximum atomic E-state index is 6.42. The average molecular weight is 287 g/mol. The van der Waals surface area contributed by atoms with Crippen molar-refractivity contribution in [3.05, 3.63) is 51.2 Å². The van der Waals surface area contributed by atoms with Crippen LogP contribution < -0.4 is 10.5 Å². The SMILES string of the molecule is COc1ccccc1CC(N)c1cc2c(s1)CCCC2. The number of hydrogen-bond donors (Lipinski definition) is 1. The molecular formula is C17H21NOS. The summed E-state index contributed by atoms with van der Waals surface area (Å²) in [5, 5.41) is 0. The van der Waals surface area contributed by atoms with E-state index in [-0.39, 0.29) is 6.04 Å².